The van der Waals surface area contributed by atoms with Gasteiger partial charge in [0, 0.05) is 0 Å². The van der Waals surface area contributed by atoms with Crippen molar-refractivity contribution < 1.29 is 5.11 Å². The second kappa shape index (κ2) is 3.13. The molecule has 6 atom stereocenters. The molecule has 2 saturated carbocycles. The molecule has 4 bridgehead atoms. The molecule has 4 aliphatic rings. The van der Waals surface area contributed by atoms with Crippen molar-refractivity contribution in [1.29, 1.82) is 0 Å². The zero-order chi connectivity index (χ0) is 11.7. The van der Waals surface area contributed by atoms with Gasteiger partial charge in [0.2, 0.25) is 0 Å². The van der Waals surface area contributed by atoms with Crippen LogP contribution in [0.25, 0.3) is 0 Å². The van der Waals surface area contributed by atoms with Gasteiger partial charge in [-0.15, -0.1) is 0 Å². The Morgan fingerprint density at radius 1 is 1.44 bits per heavy atom. The number of fused-ring (bicyclic) bond motifs is 1. The Balaban J connectivity index is 1.98. The molecule has 4 rings (SSSR count). The van der Waals surface area contributed by atoms with Gasteiger partial charge < -0.3 is 5.11 Å². The maximum Gasteiger partial charge on any atom is 0.0579 e. The van der Waals surface area contributed by atoms with Crippen LogP contribution in [0, 0.1) is 35.0 Å². The van der Waals surface area contributed by atoms with E-state index in [1.54, 1.807) is 5.57 Å². The lowest BCUT2D eigenvalue weighted by Crippen LogP contribution is -2.67. The fourth-order valence-corrected chi connectivity index (χ4v) is 5.41. The molecule has 0 amide bonds. The van der Waals surface area contributed by atoms with E-state index >= 15 is 0 Å². The molecular weight excluding hydrogens is 196 g/mol. The summed E-state index contributed by atoms with van der Waals surface area (Å²) in [4.78, 5) is 0. The Morgan fingerprint density at radius 3 is 2.69 bits per heavy atom. The molecule has 16 heavy (non-hydrogen) atoms. The number of hydrogen-bond acceptors (Lipinski definition) is 1. The second-order valence-corrected chi connectivity index (χ2v) is 6.94. The summed E-state index contributed by atoms with van der Waals surface area (Å²) in [6.07, 6.45) is 4.70. The molecule has 0 aromatic heterocycles. The molecule has 0 spiro atoms. The van der Waals surface area contributed by atoms with Crippen LogP contribution in [0.2, 0.25) is 0 Å². The van der Waals surface area contributed by atoms with Crippen LogP contribution in [0.1, 0.15) is 40.5 Å². The third kappa shape index (κ3) is 1.06. The van der Waals surface area contributed by atoms with Crippen molar-refractivity contribution in [1.82, 2.24) is 0 Å². The lowest BCUT2D eigenvalue weighted by Gasteiger charge is -2.71. The highest BCUT2D eigenvalue weighted by Gasteiger charge is 2.67. The summed E-state index contributed by atoms with van der Waals surface area (Å²) < 4.78 is 0. The minimum Gasteiger partial charge on any atom is -0.393 e. The SMILES string of the molecule is CC1=CC[C@H]2[C@@H]3[C@H](C(C)C)[C@H](O)C[C@@]2(C)[C@H]13. The molecule has 0 unspecified atom stereocenters. The van der Waals surface area contributed by atoms with Crippen molar-refractivity contribution in [2.75, 3.05) is 0 Å². The normalized spacial score (nSPS) is 54.6. The molecule has 0 aromatic rings. The summed E-state index contributed by atoms with van der Waals surface area (Å²) in [5.74, 6) is 3.58. The van der Waals surface area contributed by atoms with Gasteiger partial charge >= 0.3 is 0 Å². The minimum absolute atomic E-state index is 0.0478. The lowest BCUT2D eigenvalue weighted by atomic mass is 9.34. The summed E-state index contributed by atoms with van der Waals surface area (Å²) >= 11 is 0. The van der Waals surface area contributed by atoms with Crippen LogP contribution in [0.3, 0.4) is 0 Å². The van der Waals surface area contributed by atoms with Crippen LogP contribution in [0.4, 0.5) is 0 Å². The van der Waals surface area contributed by atoms with Crippen molar-refractivity contribution >= 4 is 0 Å². The average molecular weight is 220 g/mol. The molecule has 1 nitrogen and oxygen atoms in total. The van der Waals surface area contributed by atoms with Crippen molar-refractivity contribution in [2.24, 2.45) is 35.0 Å². The van der Waals surface area contributed by atoms with E-state index in [0.717, 1.165) is 24.2 Å². The number of rotatable bonds is 1. The predicted octanol–water partition coefficient (Wildman–Crippen LogP) is 3.24. The van der Waals surface area contributed by atoms with E-state index in [1.165, 1.54) is 6.42 Å². The Bertz CT molecular complexity index is 343. The molecule has 0 aliphatic heterocycles. The summed E-state index contributed by atoms with van der Waals surface area (Å²) in [5, 5.41) is 10.3. The zero-order valence-electron chi connectivity index (χ0n) is 10.9. The number of aliphatic hydroxyl groups is 1. The van der Waals surface area contributed by atoms with Crippen LogP contribution in [-0.2, 0) is 0 Å². The standard InChI is InChI=1S/C15H24O/c1-8(2)12-11(16)7-15(4)10-6-5-9(3)14(15)13(10)12/h5,8,10-14,16H,6-7H2,1-4H3/t10-,11+,12+,13+,14+,15+/m0/s1. The van der Waals surface area contributed by atoms with E-state index < -0.39 is 0 Å². The van der Waals surface area contributed by atoms with Gasteiger partial charge in [0.05, 0.1) is 6.10 Å². The first kappa shape index (κ1) is 10.8. The van der Waals surface area contributed by atoms with E-state index in [0.29, 0.717) is 17.3 Å². The fraction of sp³-hybridized carbons (Fsp3) is 0.867. The van der Waals surface area contributed by atoms with E-state index in [2.05, 4.69) is 33.8 Å². The van der Waals surface area contributed by atoms with Crippen LogP contribution in [-0.4, -0.2) is 11.2 Å². The molecule has 0 aromatic carbocycles. The van der Waals surface area contributed by atoms with Gasteiger partial charge in [-0.05, 0) is 54.8 Å². The first-order valence-electron chi connectivity index (χ1n) is 6.81. The molecular formula is C15H24O. The maximum absolute atomic E-state index is 10.3. The van der Waals surface area contributed by atoms with E-state index in [1.807, 2.05) is 0 Å². The molecule has 1 heteroatoms. The first-order valence-corrected chi connectivity index (χ1v) is 6.81. The Hall–Kier alpha value is -0.300. The molecule has 1 N–H and O–H groups in total. The van der Waals surface area contributed by atoms with Crippen molar-refractivity contribution in [3.8, 4) is 0 Å². The van der Waals surface area contributed by atoms with Crippen LogP contribution in [0.5, 0.6) is 0 Å². The van der Waals surface area contributed by atoms with Gasteiger partial charge in [-0.2, -0.15) is 0 Å². The largest absolute Gasteiger partial charge is 0.393 e. The summed E-state index contributed by atoms with van der Waals surface area (Å²) in [5.41, 5.74) is 2.03. The van der Waals surface area contributed by atoms with Gasteiger partial charge in [-0.1, -0.05) is 32.4 Å². The van der Waals surface area contributed by atoms with Gasteiger partial charge in [-0.25, -0.2) is 0 Å². The van der Waals surface area contributed by atoms with Gasteiger partial charge in [0.25, 0.3) is 0 Å². The number of allylic oxidation sites excluding steroid dienone is 2. The van der Waals surface area contributed by atoms with Gasteiger partial charge in [-0.3, -0.25) is 0 Å². The molecule has 0 heterocycles. The van der Waals surface area contributed by atoms with Crippen molar-refractivity contribution in [3.05, 3.63) is 11.6 Å². The monoisotopic (exact) mass is 220 g/mol. The summed E-state index contributed by atoms with van der Waals surface area (Å²) in [6, 6.07) is 0. The third-order valence-corrected chi connectivity index (χ3v) is 5.90. The lowest BCUT2D eigenvalue weighted by molar-refractivity contribution is -0.224. The van der Waals surface area contributed by atoms with Gasteiger partial charge in [0.15, 0.2) is 0 Å². The Labute approximate surface area is 98.9 Å². The fourth-order valence-electron chi connectivity index (χ4n) is 5.41. The second-order valence-electron chi connectivity index (χ2n) is 6.94. The minimum atomic E-state index is -0.0478. The maximum atomic E-state index is 10.3. The quantitative estimate of drug-likeness (QED) is 0.673. The summed E-state index contributed by atoms with van der Waals surface area (Å²) in [7, 11) is 0. The predicted molar refractivity (Wildman–Crippen MR) is 65.9 cm³/mol. The highest BCUT2D eigenvalue weighted by molar-refractivity contribution is 5.29. The van der Waals surface area contributed by atoms with Crippen molar-refractivity contribution in [2.45, 2.75) is 46.6 Å². The van der Waals surface area contributed by atoms with Crippen molar-refractivity contribution in [3.63, 3.8) is 0 Å². The van der Waals surface area contributed by atoms with Crippen LogP contribution >= 0.6 is 0 Å². The zero-order valence-corrected chi connectivity index (χ0v) is 10.9. The smallest absolute Gasteiger partial charge is 0.0579 e. The van der Waals surface area contributed by atoms with Gasteiger partial charge in [0.1, 0.15) is 0 Å². The summed E-state index contributed by atoms with van der Waals surface area (Å²) in [6.45, 7) is 9.28. The first-order chi connectivity index (χ1) is 7.47. The molecule has 0 saturated heterocycles. The molecule has 4 aliphatic carbocycles. The van der Waals surface area contributed by atoms with Crippen LogP contribution in [0.15, 0.2) is 11.6 Å². The van der Waals surface area contributed by atoms with Crippen LogP contribution < -0.4 is 0 Å². The van der Waals surface area contributed by atoms with E-state index in [4.69, 9.17) is 0 Å². The van der Waals surface area contributed by atoms with E-state index in [9.17, 15) is 5.11 Å². The highest BCUT2D eigenvalue weighted by atomic mass is 16.3. The Kier molecular flexibility index (Phi) is 2.12. The topological polar surface area (TPSA) is 20.2 Å². The van der Waals surface area contributed by atoms with E-state index in [-0.39, 0.29) is 6.10 Å². The average Bonchev–Trinajstić information content (AvgIpc) is 2.15. The number of hydrogen-bond donors (Lipinski definition) is 1. The Morgan fingerprint density at radius 2 is 2.12 bits per heavy atom. The third-order valence-electron chi connectivity index (χ3n) is 5.90. The highest BCUT2D eigenvalue weighted by Crippen LogP contribution is 2.71. The molecule has 90 valence electrons. The molecule has 0 radical (unpaired) electrons. The number of aliphatic hydroxyl groups excluding tert-OH is 1. The molecule has 2 fully saturated rings.